The Morgan fingerprint density at radius 1 is 0.737 bits per heavy atom. The van der Waals surface area contributed by atoms with Gasteiger partial charge >= 0.3 is 42.2 Å². The third-order valence-corrected chi connectivity index (χ3v) is 29.1. The lowest BCUT2D eigenvalue weighted by Crippen LogP contribution is -2.77. The molecule has 5 aliphatic rings. The molecule has 16 atom stereocenters. The van der Waals surface area contributed by atoms with Crippen LogP contribution in [0.5, 0.6) is 5.75 Å². The van der Waals surface area contributed by atoms with E-state index in [2.05, 4.69) is 139 Å². The standard InChI is InChI=1S/C93H124N12O23S2.CO2/c1-10-91(125,48-54(3)4)34-38-104-37-32-61-60-25-18-19-26-65(60)99-79(61)90(104,7)63-45-62-69(47-72(63)126-9)103(8)84-89(6,86(122)92(11-2)33-20-36-105-55(5)49-93(62,84)85(92)105)73(109)51-97-88(124)127-39-40-129-130-52-59(82(118)119)44-71(108)68(46-78(114)115)100-81(117)64(94)50-96-80(116)58(41-56-21-14-12-15-22-56)43-70(107)67(42-57-23-16-13-17-24-57)98-75(111)31-35-95-74(110)28-27-66(83(120)121)101-87(123)102-76(128-53-106)29-30-77(112)113;2-1-3/h12-26,33,45,47,53-55,58-59,64,66-68,76,84-86,99,122,125H,10-11,27-32,34-44,46,48-52,94H2,1-9H3,(H,95,110)(H,96,116)(H,97,124)(H,98,111)(H,100,117)(H,112,113)(H,114,115)(H,118,119)(H,120,121)(H2,101,102,123);/t55?,58-,59-,64+,66+,67+,68+,76-,84?,85+,86+,89-,90-,91+,92-,93+;/m1./s1. The normalized spacial score (nSPS) is 22.3. The van der Waals surface area contributed by atoms with E-state index in [1.807, 2.05) is 27.0 Å². The third-order valence-electron chi connectivity index (χ3n) is 26.7. The average molecular weight is 1890 g/mol. The first-order chi connectivity index (χ1) is 63.2. The fraction of sp³-hybridized carbons (Fsp3) is 0.543. The van der Waals surface area contributed by atoms with E-state index in [0.717, 1.165) is 61.4 Å². The minimum Gasteiger partial charge on any atom is -0.496 e. The van der Waals surface area contributed by atoms with Gasteiger partial charge in [-0.3, -0.25) is 62.5 Å². The van der Waals surface area contributed by atoms with Crippen molar-refractivity contribution in [2.75, 3.05) is 76.4 Å². The Hall–Kier alpha value is -11.6. The molecule has 2 unspecified atom stereocenters. The van der Waals surface area contributed by atoms with Gasteiger partial charge in [-0.25, -0.2) is 14.4 Å². The topological polar surface area (TPSA) is 558 Å². The van der Waals surface area contributed by atoms with E-state index in [-0.39, 0.29) is 81.0 Å². The number of aliphatic hydroxyl groups excluding tert-OH is 1. The van der Waals surface area contributed by atoms with Gasteiger partial charge in [-0.2, -0.15) is 9.59 Å². The highest BCUT2D eigenvalue weighted by molar-refractivity contribution is 8.76. The number of nitrogens with zero attached hydrogens (tertiary/aromatic N) is 3. The second kappa shape index (κ2) is 47.4. The van der Waals surface area contributed by atoms with Gasteiger partial charge in [-0.05, 0) is 119 Å². The fourth-order valence-electron chi connectivity index (χ4n) is 20.3. The van der Waals surface area contributed by atoms with E-state index < -0.39 is 210 Å². The molecule has 133 heavy (non-hydrogen) atoms. The number of fused-ring (bicyclic) bond motifs is 4. The predicted molar refractivity (Wildman–Crippen MR) is 490 cm³/mol. The van der Waals surface area contributed by atoms with Crippen LogP contribution >= 0.6 is 21.6 Å². The van der Waals surface area contributed by atoms with E-state index in [9.17, 15) is 87.9 Å². The first kappa shape index (κ1) is 105. The lowest BCUT2D eigenvalue weighted by Gasteiger charge is -2.64. The molecule has 4 aromatic carbocycles. The number of likely N-dealkylation sites (N-methyl/N-ethyl adjacent to an activating group) is 1. The minimum absolute atomic E-state index is 0.0188. The van der Waals surface area contributed by atoms with Crippen LogP contribution in [0.2, 0.25) is 0 Å². The number of carboxylic acid groups (broad SMARTS) is 4. The van der Waals surface area contributed by atoms with Crippen molar-refractivity contribution in [3.05, 3.63) is 143 Å². The zero-order valence-corrected chi connectivity index (χ0v) is 77.9. The molecule has 2 fully saturated rings. The molecule has 39 heteroatoms. The van der Waals surface area contributed by atoms with Crippen molar-refractivity contribution in [2.24, 2.45) is 34.3 Å². The average Bonchev–Trinajstić information content (AvgIpc) is 1.48. The number of ether oxygens (including phenoxy) is 3. The molecule has 5 heterocycles. The van der Waals surface area contributed by atoms with Gasteiger partial charge in [0, 0.05) is 146 Å². The quantitative estimate of drug-likeness (QED) is 0.00714. The number of Topliss-reactive ketones (excluding diaryl/α,β-unsaturated/α-hetero) is 3. The van der Waals surface area contributed by atoms with Crippen molar-refractivity contribution in [3.8, 4) is 5.75 Å². The number of rotatable bonds is 51. The molecule has 16 N–H and O–H groups in total. The first-order valence-corrected chi connectivity index (χ1v) is 47.1. The summed E-state index contributed by atoms with van der Waals surface area (Å²) in [5, 5.41) is 82.6. The van der Waals surface area contributed by atoms with Crippen LogP contribution in [-0.2, 0) is 107 Å². The summed E-state index contributed by atoms with van der Waals surface area (Å²) in [6, 6.07) is 21.6. The molecule has 1 spiro atoms. The maximum Gasteiger partial charge on any atom is 0.407 e. The number of aromatic amines is 1. The second-order valence-electron chi connectivity index (χ2n) is 35.6. The Bertz CT molecular complexity index is 5080. The van der Waals surface area contributed by atoms with Crippen LogP contribution in [-0.4, -0.2) is 267 Å². The zero-order chi connectivity index (χ0) is 97.5. The summed E-state index contributed by atoms with van der Waals surface area (Å²) in [5.74, 6) is -12.7. The number of ketones is 3. The van der Waals surface area contributed by atoms with E-state index in [1.165, 1.54) is 5.56 Å². The maximum absolute atomic E-state index is 15.7. The van der Waals surface area contributed by atoms with E-state index >= 15 is 4.79 Å². The molecule has 0 bridgehead atoms. The summed E-state index contributed by atoms with van der Waals surface area (Å²) in [6.45, 7) is 15.0. The number of aliphatic hydroxyl groups is 2. The summed E-state index contributed by atoms with van der Waals surface area (Å²) in [7, 11) is 5.80. The number of nitrogens with two attached hydrogens (primary N) is 1. The molecule has 5 aromatic rings. The first-order valence-electron chi connectivity index (χ1n) is 44.6. The van der Waals surface area contributed by atoms with Crippen LogP contribution in [0, 0.1) is 28.6 Å². The zero-order valence-electron chi connectivity index (χ0n) is 76.3. The number of hydrogen-bond acceptors (Lipinski definition) is 27. The smallest absolute Gasteiger partial charge is 0.407 e. The van der Waals surface area contributed by atoms with Crippen LogP contribution in [0.3, 0.4) is 0 Å². The van der Waals surface area contributed by atoms with Crippen LogP contribution in [0.4, 0.5) is 15.3 Å². The molecule has 4 aliphatic heterocycles. The Kier molecular flexibility index (Phi) is 37.4. The van der Waals surface area contributed by atoms with Crippen molar-refractivity contribution in [1.82, 2.24) is 52.0 Å². The van der Waals surface area contributed by atoms with E-state index in [0.29, 0.717) is 68.6 Å². The third kappa shape index (κ3) is 25.1. The second-order valence-corrected chi connectivity index (χ2v) is 38.2. The van der Waals surface area contributed by atoms with Crippen molar-refractivity contribution >= 4 is 128 Å². The van der Waals surface area contributed by atoms with E-state index in [4.69, 9.17) is 29.9 Å². The number of carboxylic acids is 4. The number of aliphatic carboxylic acids is 4. The summed E-state index contributed by atoms with van der Waals surface area (Å²) >= 11 is 0. The highest BCUT2D eigenvalue weighted by atomic mass is 33.1. The van der Waals surface area contributed by atoms with Crippen LogP contribution in [0.25, 0.3) is 10.9 Å². The summed E-state index contributed by atoms with van der Waals surface area (Å²) in [6.07, 6.45) is 0.277. The molecular formula is C94H124N12O25S2. The van der Waals surface area contributed by atoms with Gasteiger partial charge in [0.2, 0.25) is 23.6 Å². The number of methoxy groups -OCH3 is 1. The van der Waals surface area contributed by atoms with Gasteiger partial charge in [0.1, 0.15) is 24.4 Å². The minimum atomic E-state index is -1.78. The predicted octanol–water partition coefficient (Wildman–Crippen LogP) is 5.85. The lowest BCUT2D eigenvalue weighted by molar-refractivity contribution is -0.192. The monoisotopic (exact) mass is 1880 g/mol. The molecule has 37 nitrogen and oxygen atoms in total. The van der Waals surface area contributed by atoms with Crippen molar-refractivity contribution < 1.29 is 122 Å². The number of nitrogens with one attached hydrogen (secondary N) is 8. The lowest BCUT2D eigenvalue weighted by atomic mass is 9.44. The number of hydrogen-bond donors (Lipinski definition) is 15. The van der Waals surface area contributed by atoms with Gasteiger partial charge < -0.3 is 97.7 Å². The van der Waals surface area contributed by atoms with Gasteiger partial charge in [0.25, 0.3) is 6.47 Å². The molecule has 1 saturated carbocycles. The number of urea groups is 1. The van der Waals surface area contributed by atoms with Crippen molar-refractivity contribution in [3.63, 3.8) is 0 Å². The number of amides is 7. The summed E-state index contributed by atoms with van der Waals surface area (Å²) in [4.78, 5) is 211. The number of benzene rings is 4. The number of carbonyl (C=O) groups excluding carboxylic acids is 12. The summed E-state index contributed by atoms with van der Waals surface area (Å²) in [5.41, 5.74) is 8.72. The van der Waals surface area contributed by atoms with E-state index in [1.54, 1.807) is 67.8 Å². The van der Waals surface area contributed by atoms with Crippen LogP contribution in [0.1, 0.15) is 165 Å². The molecule has 10 rings (SSSR count). The highest BCUT2D eigenvalue weighted by Gasteiger charge is 2.78. The molecule has 1 saturated heterocycles. The van der Waals surface area contributed by atoms with Crippen LogP contribution in [0.15, 0.2) is 109 Å². The van der Waals surface area contributed by atoms with Crippen LogP contribution < -0.4 is 52.6 Å². The molecule has 1 aliphatic carbocycles. The Morgan fingerprint density at radius 3 is 2.03 bits per heavy atom. The van der Waals surface area contributed by atoms with Gasteiger partial charge in [0.05, 0.1) is 73.2 Å². The SMILES string of the molecule is CC[C@](O)(CCN1CCc2c([nH]c3ccccc23)[C@@]1(C)c1cc2c(cc1OC)N(C)C1[C@]23CC(C)N2CC=C[C@@](CC)([C@@H](O)[C@]1(C)C(=O)CNC(=O)OCCSSC[C@@H](CC(=O)[C@H](CC(=O)O)NC(=O)[C@@H](N)CNC(=O)[C@@H](CC(=O)[C@H](Cc1ccccc1)NC(=O)CCNC(=O)CC[C@H](NC(=O)N[C@@H](CCC(=O)O)OC=O)C(=O)O)Cc1ccccc1)C(=O)O)[C@H]23)CC(C)C.O=C=O. The largest absolute Gasteiger partial charge is 0.496 e. The number of H-pyrrole nitrogens is 1. The Morgan fingerprint density at radius 2 is 1.40 bits per heavy atom. The van der Waals surface area contributed by atoms with Crippen molar-refractivity contribution in [1.29, 1.82) is 0 Å². The molecule has 722 valence electrons. The summed E-state index contributed by atoms with van der Waals surface area (Å²) < 4.78 is 16.8. The highest BCUT2D eigenvalue weighted by Crippen LogP contribution is 2.70. The number of anilines is 1. The molecular weight excluding hydrogens is 1760 g/mol. The Balaban J connectivity index is 0.00000654. The Labute approximate surface area is 778 Å². The fourth-order valence-corrected chi connectivity index (χ4v) is 22.4. The van der Waals surface area contributed by atoms with Gasteiger partial charge in [0.15, 0.2) is 23.6 Å². The maximum atomic E-state index is 15.7. The number of para-hydroxylation sites is 1. The molecule has 7 amide bonds. The number of aromatic nitrogens is 1. The number of carbonyl (C=O) groups is 14. The van der Waals surface area contributed by atoms with Gasteiger partial charge in [-0.15, -0.1) is 0 Å². The molecule has 1 aromatic heterocycles. The van der Waals surface area contributed by atoms with Gasteiger partial charge in [-0.1, -0.05) is 140 Å². The molecule has 0 radical (unpaired) electrons. The number of alkyl carbamates (subject to hydrolysis) is 1. The van der Waals surface area contributed by atoms with Crippen molar-refractivity contribution in [2.45, 2.75) is 222 Å².